The lowest BCUT2D eigenvalue weighted by Crippen LogP contribution is -2.33. The van der Waals surface area contributed by atoms with Gasteiger partial charge >= 0.3 is 0 Å². The lowest BCUT2D eigenvalue weighted by Gasteiger charge is -2.31. The highest BCUT2D eigenvalue weighted by atomic mass is 16.3. The van der Waals surface area contributed by atoms with Crippen molar-refractivity contribution in [3.8, 4) is 0 Å². The molecule has 74 valence electrons. The number of rotatable bonds is 1. The molecule has 1 N–H and O–H groups in total. The van der Waals surface area contributed by atoms with E-state index in [9.17, 15) is 9.90 Å². The average molecular weight is 182 g/mol. The van der Waals surface area contributed by atoms with Crippen LogP contribution in [0.15, 0.2) is 0 Å². The van der Waals surface area contributed by atoms with E-state index in [-0.39, 0.29) is 12.0 Å². The van der Waals surface area contributed by atoms with Crippen molar-refractivity contribution in [3.05, 3.63) is 0 Å². The van der Waals surface area contributed by atoms with Crippen molar-refractivity contribution in [1.29, 1.82) is 0 Å². The average Bonchev–Trinajstić information content (AvgIpc) is 2.46. The third kappa shape index (κ3) is 1.52. The van der Waals surface area contributed by atoms with Crippen LogP contribution in [-0.4, -0.2) is 17.0 Å². The molecule has 2 nitrogen and oxygen atoms in total. The number of carbonyl (C=O) groups excluding carboxylic acids is 1. The Morgan fingerprint density at radius 1 is 1.46 bits per heavy atom. The molecule has 0 aromatic heterocycles. The van der Waals surface area contributed by atoms with E-state index in [0.29, 0.717) is 17.6 Å². The summed E-state index contributed by atoms with van der Waals surface area (Å²) in [6.07, 6.45) is 4.50. The van der Waals surface area contributed by atoms with Crippen LogP contribution in [0.1, 0.15) is 39.0 Å². The highest BCUT2D eigenvalue weighted by Crippen LogP contribution is 2.43. The van der Waals surface area contributed by atoms with Crippen molar-refractivity contribution in [2.24, 2.45) is 17.8 Å². The van der Waals surface area contributed by atoms with Crippen molar-refractivity contribution < 1.29 is 9.90 Å². The Labute approximate surface area is 79.3 Å². The first-order chi connectivity index (χ1) is 6.22. The number of ketones is 1. The molecular weight excluding hydrogens is 164 g/mol. The van der Waals surface area contributed by atoms with E-state index in [1.54, 1.807) is 0 Å². The first-order valence-corrected chi connectivity index (χ1v) is 5.43. The summed E-state index contributed by atoms with van der Waals surface area (Å²) in [5.41, 5.74) is 0. The maximum atomic E-state index is 11.6. The zero-order chi connectivity index (χ0) is 9.42. The van der Waals surface area contributed by atoms with Gasteiger partial charge in [-0.2, -0.15) is 0 Å². The molecule has 13 heavy (non-hydrogen) atoms. The number of carbonyl (C=O) groups is 1. The normalized spacial score (nSPS) is 44.9. The van der Waals surface area contributed by atoms with Crippen LogP contribution in [-0.2, 0) is 4.79 Å². The highest BCUT2D eigenvalue weighted by molar-refractivity contribution is 5.82. The Balaban J connectivity index is 2.07. The van der Waals surface area contributed by atoms with E-state index < -0.39 is 0 Å². The lowest BCUT2D eigenvalue weighted by atomic mass is 9.73. The van der Waals surface area contributed by atoms with Gasteiger partial charge in [0, 0.05) is 12.3 Å². The molecule has 0 spiro atoms. The maximum Gasteiger partial charge on any atom is 0.136 e. The van der Waals surface area contributed by atoms with Crippen LogP contribution in [0.4, 0.5) is 0 Å². The Hall–Kier alpha value is -0.370. The van der Waals surface area contributed by atoms with Crippen LogP contribution in [0.5, 0.6) is 0 Å². The van der Waals surface area contributed by atoms with Gasteiger partial charge in [-0.3, -0.25) is 4.79 Å². The molecule has 0 amide bonds. The minimum Gasteiger partial charge on any atom is -0.393 e. The van der Waals surface area contributed by atoms with Crippen LogP contribution in [0.3, 0.4) is 0 Å². The van der Waals surface area contributed by atoms with Gasteiger partial charge in [-0.1, -0.05) is 6.92 Å². The zero-order valence-electron chi connectivity index (χ0n) is 8.20. The Morgan fingerprint density at radius 2 is 2.23 bits per heavy atom. The Kier molecular flexibility index (Phi) is 2.41. The summed E-state index contributed by atoms with van der Waals surface area (Å²) in [7, 11) is 0. The summed E-state index contributed by atoms with van der Waals surface area (Å²) in [5, 5.41) is 9.71. The van der Waals surface area contributed by atoms with Gasteiger partial charge in [0.2, 0.25) is 0 Å². The molecular formula is C11H18O2. The fourth-order valence-corrected chi connectivity index (χ4v) is 3.01. The van der Waals surface area contributed by atoms with Crippen molar-refractivity contribution in [2.45, 2.75) is 45.1 Å². The summed E-state index contributed by atoms with van der Waals surface area (Å²) in [6.45, 7) is 2.07. The minimum atomic E-state index is -0.118. The van der Waals surface area contributed by atoms with Crippen LogP contribution in [0, 0.1) is 17.8 Å². The second kappa shape index (κ2) is 3.41. The highest BCUT2D eigenvalue weighted by Gasteiger charge is 2.42. The second-order valence-corrected chi connectivity index (χ2v) is 4.58. The number of hydrogen-bond acceptors (Lipinski definition) is 2. The van der Waals surface area contributed by atoms with E-state index in [1.165, 1.54) is 0 Å². The van der Waals surface area contributed by atoms with Gasteiger partial charge in [0.25, 0.3) is 0 Å². The van der Waals surface area contributed by atoms with E-state index in [0.717, 1.165) is 32.1 Å². The van der Waals surface area contributed by atoms with Gasteiger partial charge in [-0.15, -0.1) is 0 Å². The van der Waals surface area contributed by atoms with Crippen LogP contribution < -0.4 is 0 Å². The fourth-order valence-electron chi connectivity index (χ4n) is 3.01. The van der Waals surface area contributed by atoms with E-state index in [4.69, 9.17) is 0 Å². The zero-order valence-corrected chi connectivity index (χ0v) is 8.20. The van der Waals surface area contributed by atoms with Crippen molar-refractivity contribution in [3.63, 3.8) is 0 Å². The molecule has 2 heteroatoms. The van der Waals surface area contributed by atoms with Gasteiger partial charge in [-0.25, -0.2) is 0 Å². The lowest BCUT2D eigenvalue weighted by molar-refractivity contribution is -0.128. The largest absolute Gasteiger partial charge is 0.393 e. The van der Waals surface area contributed by atoms with Crippen LogP contribution in [0.25, 0.3) is 0 Å². The molecule has 2 saturated carbocycles. The number of hydrogen-bond donors (Lipinski definition) is 1. The Bertz CT molecular complexity index is 212. The topological polar surface area (TPSA) is 37.3 Å². The Morgan fingerprint density at radius 3 is 2.92 bits per heavy atom. The number of aliphatic hydroxyl groups is 1. The number of fused-ring (bicyclic) bond motifs is 1. The molecule has 0 bridgehead atoms. The van der Waals surface area contributed by atoms with Gasteiger partial charge in [0.15, 0.2) is 0 Å². The SMILES string of the molecule is CCC1CC2C(O)CCC2CC1=O. The van der Waals surface area contributed by atoms with Gasteiger partial charge in [-0.05, 0) is 37.5 Å². The molecule has 2 fully saturated rings. The summed E-state index contributed by atoms with van der Waals surface area (Å²) in [5.74, 6) is 1.62. The predicted molar refractivity (Wildman–Crippen MR) is 50.2 cm³/mol. The molecule has 2 aliphatic rings. The smallest absolute Gasteiger partial charge is 0.136 e. The molecule has 0 heterocycles. The molecule has 0 aliphatic heterocycles. The monoisotopic (exact) mass is 182 g/mol. The quantitative estimate of drug-likeness (QED) is 0.671. The van der Waals surface area contributed by atoms with Crippen molar-refractivity contribution in [2.75, 3.05) is 0 Å². The van der Waals surface area contributed by atoms with E-state index in [2.05, 4.69) is 6.92 Å². The molecule has 4 atom stereocenters. The molecule has 2 aliphatic carbocycles. The summed E-state index contributed by atoms with van der Waals surface area (Å²) < 4.78 is 0. The fraction of sp³-hybridized carbons (Fsp3) is 0.909. The third-order valence-corrected chi connectivity index (χ3v) is 3.90. The molecule has 2 rings (SSSR count). The molecule has 4 unspecified atom stereocenters. The minimum absolute atomic E-state index is 0.118. The number of Topliss-reactive ketones (excluding diaryl/α,β-unsaturated/α-hetero) is 1. The molecule has 0 aromatic rings. The second-order valence-electron chi connectivity index (χ2n) is 4.58. The molecule has 0 radical (unpaired) electrons. The standard InChI is InChI=1S/C11H18O2/c1-2-7-5-9-8(6-11(7)13)3-4-10(9)12/h7-10,12H,2-6H2,1H3. The van der Waals surface area contributed by atoms with Crippen molar-refractivity contribution >= 4 is 5.78 Å². The predicted octanol–water partition coefficient (Wildman–Crippen LogP) is 1.76. The van der Waals surface area contributed by atoms with E-state index >= 15 is 0 Å². The summed E-state index contributed by atoms with van der Waals surface area (Å²) in [6, 6.07) is 0. The maximum absolute atomic E-state index is 11.6. The first-order valence-electron chi connectivity index (χ1n) is 5.43. The molecule has 0 saturated heterocycles. The summed E-state index contributed by atoms with van der Waals surface area (Å²) in [4.78, 5) is 11.6. The number of aliphatic hydroxyl groups excluding tert-OH is 1. The van der Waals surface area contributed by atoms with Crippen molar-refractivity contribution in [1.82, 2.24) is 0 Å². The first kappa shape index (κ1) is 9.20. The van der Waals surface area contributed by atoms with E-state index in [1.807, 2.05) is 0 Å². The third-order valence-electron chi connectivity index (χ3n) is 3.90. The molecule has 0 aromatic carbocycles. The van der Waals surface area contributed by atoms with Gasteiger partial charge < -0.3 is 5.11 Å². The summed E-state index contributed by atoms with van der Waals surface area (Å²) >= 11 is 0. The van der Waals surface area contributed by atoms with Crippen LogP contribution >= 0.6 is 0 Å². The van der Waals surface area contributed by atoms with Crippen LogP contribution in [0.2, 0.25) is 0 Å². The van der Waals surface area contributed by atoms with Gasteiger partial charge in [0.05, 0.1) is 6.10 Å². The van der Waals surface area contributed by atoms with Gasteiger partial charge in [0.1, 0.15) is 5.78 Å².